The third-order valence-corrected chi connectivity index (χ3v) is 4.85. The van der Waals surface area contributed by atoms with Crippen molar-refractivity contribution in [3.8, 4) is 0 Å². The van der Waals surface area contributed by atoms with Crippen molar-refractivity contribution < 1.29 is 9.53 Å². The number of thiophene rings is 1. The molecule has 0 spiro atoms. The molecule has 1 amide bonds. The SMILES string of the molecule is Cc1ccsc1C(=O)N[C@H]1COC[C@H]1Cc1ccncc1. The molecule has 0 aliphatic carbocycles. The zero-order valence-electron chi connectivity index (χ0n) is 11.9. The van der Waals surface area contributed by atoms with E-state index in [9.17, 15) is 4.79 Å². The van der Waals surface area contributed by atoms with Gasteiger partial charge in [0.05, 0.1) is 24.1 Å². The van der Waals surface area contributed by atoms with Gasteiger partial charge in [-0.25, -0.2) is 0 Å². The lowest BCUT2D eigenvalue weighted by Crippen LogP contribution is -2.40. The summed E-state index contributed by atoms with van der Waals surface area (Å²) in [5, 5.41) is 5.07. The Morgan fingerprint density at radius 2 is 2.19 bits per heavy atom. The van der Waals surface area contributed by atoms with Gasteiger partial charge in [-0.05, 0) is 48.1 Å². The van der Waals surface area contributed by atoms with E-state index in [1.165, 1.54) is 16.9 Å². The monoisotopic (exact) mass is 302 g/mol. The minimum atomic E-state index is 0.0118. The molecule has 1 aliphatic heterocycles. The van der Waals surface area contributed by atoms with Crippen LogP contribution in [-0.4, -0.2) is 30.1 Å². The zero-order chi connectivity index (χ0) is 14.7. The Bertz CT molecular complexity index is 612. The van der Waals surface area contributed by atoms with Crippen LogP contribution in [-0.2, 0) is 11.2 Å². The summed E-state index contributed by atoms with van der Waals surface area (Å²) < 4.78 is 5.56. The number of amides is 1. The fraction of sp³-hybridized carbons (Fsp3) is 0.375. The van der Waals surface area contributed by atoms with Crippen LogP contribution in [0.4, 0.5) is 0 Å². The van der Waals surface area contributed by atoms with Crippen molar-refractivity contribution in [2.24, 2.45) is 5.92 Å². The molecule has 1 saturated heterocycles. The Balaban J connectivity index is 1.64. The molecule has 1 N–H and O–H groups in total. The predicted molar refractivity (Wildman–Crippen MR) is 82.6 cm³/mol. The molecule has 2 atom stereocenters. The van der Waals surface area contributed by atoms with Gasteiger partial charge in [-0.1, -0.05) is 0 Å². The Kier molecular flexibility index (Phi) is 4.31. The molecule has 5 heteroatoms. The zero-order valence-corrected chi connectivity index (χ0v) is 12.7. The minimum Gasteiger partial charge on any atom is -0.379 e. The van der Waals surface area contributed by atoms with Crippen LogP contribution in [0.25, 0.3) is 0 Å². The van der Waals surface area contributed by atoms with E-state index in [-0.39, 0.29) is 11.9 Å². The largest absolute Gasteiger partial charge is 0.379 e. The first-order valence-corrected chi connectivity index (χ1v) is 7.93. The minimum absolute atomic E-state index is 0.0118. The average molecular weight is 302 g/mol. The Morgan fingerprint density at radius 3 is 2.90 bits per heavy atom. The smallest absolute Gasteiger partial charge is 0.261 e. The Labute approximate surface area is 128 Å². The van der Waals surface area contributed by atoms with Gasteiger partial charge in [-0.3, -0.25) is 9.78 Å². The molecule has 2 aromatic rings. The van der Waals surface area contributed by atoms with Crippen LogP contribution in [0.3, 0.4) is 0 Å². The van der Waals surface area contributed by atoms with E-state index in [0.717, 1.165) is 16.9 Å². The van der Waals surface area contributed by atoms with Crippen LogP contribution in [0.15, 0.2) is 36.0 Å². The normalized spacial score (nSPS) is 21.4. The van der Waals surface area contributed by atoms with Gasteiger partial charge in [0, 0.05) is 18.3 Å². The van der Waals surface area contributed by atoms with Gasteiger partial charge in [-0.15, -0.1) is 11.3 Å². The molecular formula is C16H18N2O2S. The average Bonchev–Trinajstić information content (AvgIpc) is 3.10. The third-order valence-electron chi connectivity index (χ3n) is 3.83. The number of hydrogen-bond donors (Lipinski definition) is 1. The number of hydrogen-bond acceptors (Lipinski definition) is 4. The van der Waals surface area contributed by atoms with E-state index in [4.69, 9.17) is 4.74 Å². The molecule has 4 nitrogen and oxygen atoms in total. The van der Waals surface area contributed by atoms with Crippen molar-refractivity contribution in [1.29, 1.82) is 0 Å². The molecule has 0 aromatic carbocycles. The molecule has 21 heavy (non-hydrogen) atoms. The molecule has 0 bridgehead atoms. The lowest BCUT2D eigenvalue weighted by atomic mass is 9.95. The second kappa shape index (κ2) is 6.37. The van der Waals surface area contributed by atoms with Crippen LogP contribution in [0.2, 0.25) is 0 Å². The van der Waals surface area contributed by atoms with Crippen LogP contribution in [0.1, 0.15) is 20.8 Å². The fourth-order valence-electron chi connectivity index (χ4n) is 2.62. The van der Waals surface area contributed by atoms with Crippen LogP contribution < -0.4 is 5.32 Å². The number of pyridine rings is 1. The van der Waals surface area contributed by atoms with Crippen molar-refractivity contribution in [1.82, 2.24) is 10.3 Å². The molecule has 0 unspecified atom stereocenters. The second-order valence-electron chi connectivity index (χ2n) is 5.37. The van der Waals surface area contributed by atoms with Gasteiger partial charge in [0.15, 0.2) is 0 Å². The number of aromatic nitrogens is 1. The van der Waals surface area contributed by atoms with Crippen molar-refractivity contribution in [2.75, 3.05) is 13.2 Å². The highest BCUT2D eigenvalue weighted by Crippen LogP contribution is 2.21. The highest BCUT2D eigenvalue weighted by Gasteiger charge is 2.30. The maximum Gasteiger partial charge on any atom is 0.261 e. The summed E-state index contributed by atoms with van der Waals surface area (Å²) in [5.41, 5.74) is 2.26. The molecule has 2 aromatic heterocycles. The van der Waals surface area contributed by atoms with Crippen LogP contribution >= 0.6 is 11.3 Å². The number of aryl methyl sites for hydroxylation is 1. The summed E-state index contributed by atoms with van der Waals surface area (Å²) in [6.07, 6.45) is 4.50. The lowest BCUT2D eigenvalue weighted by Gasteiger charge is -2.19. The fourth-order valence-corrected chi connectivity index (χ4v) is 3.45. The molecule has 110 valence electrons. The van der Waals surface area contributed by atoms with Gasteiger partial charge in [-0.2, -0.15) is 0 Å². The van der Waals surface area contributed by atoms with E-state index >= 15 is 0 Å². The second-order valence-corrected chi connectivity index (χ2v) is 6.29. The number of carbonyl (C=O) groups is 1. The van der Waals surface area contributed by atoms with E-state index in [1.54, 1.807) is 12.4 Å². The maximum atomic E-state index is 12.3. The number of rotatable bonds is 4. The maximum absolute atomic E-state index is 12.3. The first-order valence-electron chi connectivity index (χ1n) is 7.05. The summed E-state index contributed by atoms with van der Waals surface area (Å²) in [5.74, 6) is 0.328. The van der Waals surface area contributed by atoms with E-state index in [1.807, 2.05) is 30.5 Å². The van der Waals surface area contributed by atoms with Gasteiger partial charge in [0.1, 0.15) is 0 Å². The Hall–Kier alpha value is -1.72. The molecule has 1 fully saturated rings. The Morgan fingerprint density at radius 1 is 1.38 bits per heavy atom. The quantitative estimate of drug-likeness (QED) is 0.944. The number of carbonyl (C=O) groups excluding carboxylic acids is 1. The summed E-state index contributed by atoms with van der Waals surface area (Å²) in [6.45, 7) is 3.24. The van der Waals surface area contributed by atoms with Crippen molar-refractivity contribution in [3.05, 3.63) is 52.0 Å². The summed E-state index contributed by atoms with van der Waals surface area (Å²) in [4.78, 5) is 17.1. The topological polar surface area (TPSA) is 51.2 Å². The summed E-state index contributed by atoms with van der Waals surface area (Å²) >= 11 is 1.49. The van der Waals surface area contributed by atoms with Crippen molar-refractivity contribution in [2.45, 2.75) is 19.4 Å². The van der Waals surface area contributed by atoms with Crippen molar-refractivity contribution >= 4 is 17.2 Å². The first kappa shape index (κ1) is 14.2. The molecule has 3 rings (SSSR count). The van der Waals surface area contributed by atoms with Gasteiger partial charge in [0.2, 0.25) is 0 Å². The summed E-state index contributed by atoms with van der Waals surface area (Å²) in [6, 6.07) is 6.08. The van der Waals surface area contributed by atoms with Crippen LogP contribution in [0, 0.1) is 12.8 Å². The van der Waals surface area contributed by atoms with Crippen molar-refractivity contribution in [3.63, 3.8) is 0 Å². The first-order chi connectivity index (χ1) is 10.2. The highest BCUT2D eigenvalue weighted by molar-refractivity contribution is 7.12. The lowest BCUT2D eigenvalue weighted by molar-refractivity contribution is 0.0928. The van der Waals surface area contributed by atoms with Gasteiger partial charge >= 0.3 is 0 Å². The standard InChI is InChI=1S/C16H18N2O2S/c1-11-4-7-21-15(11)16(19)18-14-10-20-9-13(14)8-12-2-5-17-6-3-12/h2-7,13-14H,8-10H2,1H3,(H,18,19)/t13-,14+/m1/s1. The number of nitrogens with one attached hydrogen (secondary N) is 1. The van der Waals surface area contributed by atoms with Gasteiger partial charge < -0.3 is 10.1 Å². The van der Waals surface area contributed by atoms with E-state index in [0.29, 0.717) is 19.1 Å². The number of ether oxygens (including phenoxy) is 1. The molecule has 0 radical (unpaired) electrons. The van der Waals surface area contributed by atoms with Gasteiger partial charge in [0.25, 0.3) is 5.91 Å². The molecular weight excluding hydrogens is 284 g/mol. The summed E-state index contributed by atoms with van der Waals surface area (Å²) in [7, 11) is 0. The van der Waals surface area contributed by atoms with Crippen LogP contribution in [0.5, 0.6) is 0 Å². The molecule has 0 saturated carbocycles. The predicted octanol–water partition coefficient (Wildman–Crippen LogP) is 2.44. The highest BCUT2D eigenvalue weighted by atomic mass is 32.1. The van der Waals surface area contributed by atoms with E-state index < -0.39 is 0 Å². The van der Waals surface area contributed by atoms with E-state index in [2.05, 4.69) is 10.3 Å². The molecule has 1 aliphatic rings. The number of nitrogens with zero attached hydrogens (tertiary/aromatic N) is 1. The molecule has 3 heterocycles. The third kappa shape index (κ3) is 3.31.